The highest BCUT2D eigenvalue weighted by Gasteiger charge is 2.13. The molecule has 0 fully saturated rings. The Bertz CT molecular complexity index is 920. The van der Waals surface area contributed by atoms with Crippen LogP contribution in [0.2, 0.25) is 0 Å². The Labute approximate surface area is 177 Å². The second-order valence-corrected chi connectivity index (χ2v) is 8.36. The molecule has 0 aliphatic rings. The number of aryl methyl sites for hydroxylation is 3. The van der Waals surface area contributed by atoms with Crippen molar-refractivity contribution < 1.29 is 9.21 Å². The molecule has 1 atom stereocenters. The molecule has 3 rings (SSSR count). The van der Waals surface area contributed by atoms with E-state index in [-0.39, 0.29) is 11.9 Å². The Morgan fingerprint density at radius 1 is 1.10 bits per heavy atom. The fourth-order valence-electron chi connectivity index (χ4n) is 3.04. The molecule has 1 N–H and O–H groups in total. The first-order valence-electron chi connectivity index (χ1n) is 9.95. The summed E-state index contributed by atoms with van der Waals surface area (Å²) in [6.45, 7) is 6.04. The van der Waals surface area contributed by atoms with Crippen molar-refractivity contribution in [3.63, 3.8) is 0 Å². The first-order valence-corrected chi connectivity index (χ1v) is 11.1. The average Bonchev–Trinajstić information content (AvgIpc) is 3.08. The van der Waals surface area contributed by atoms with Crippen LogP contribution in [0, 0.1) is 13.8 Å². The van der Waals surface area contributed by atoms with Crippen molar-refractivity contribution in [3.05, 3.63) is 77.2 Å². The van der Waals surface area contributed by atoms with Gasteiger partial charge in [-0.1, -0.05) is 48.0 Å². The zero-order valence-electron chi connectivity index (χ0n) is 17.3. The highest BCUT2D eigenvalue weighted by Crippen LogP contribution is 2.24. The number of nitrogens with one attached hydrogen (secondary N) is 1. The summed E-state index contributed by atoms with van der Waals surface area (Å²) in [7, 11) is 0. The molecule has 0 saturated heterocycles. The Balaban J connectivity index is 1.42. The van der Waals surface area contributed by atoms with Crippen molar-refractivity contribution in [2.24, 2.45) is 0 Å². The predicted octanol–water partition coefficient (Wildman–Crippen LogP) is 5.33. The molecular formula is C24H28N2O2S. The number of carbonyl (C=O) groups excluding carboxylic acids is 1. The van der Waals surface area contributed by atoms with Gasteiger partial charge in [-0.05, 0) is 51.3 Å². The SMILES string of the molecule is Cc1ccc(-c2nc(CSCC(=O)NC(C)CCc3ccccc3)c(C)o2)cc1. The van der Waals surface area contributed by atoms with Gasteiger partial charge in [0.05, 0.1) is 11.4 Å². The summed E-state index contributed by atoms with van der Waals surface area (Å²) in [4.78, 5) is 16.8. The highest BCUT2D eigenvalue weighted by atomic mass is 32.2. The van der Waals surface area contributed by atoms with Crippen molar-refractivity contribution >= 4 is 17.7 Å². The molecule has 2 aromatic carbocycles. The van der Waals surface area contributed by atoms with Crippen LogP contribution in [0.4, 0.5) is 0 Å². The van der Waals surface area contributed by atoms with Crippen LogP contribution in [0.1, 0.15) is 35.9 Å². The third-order valence-corrected chi connectivity index (χ3v) is 5.72. The molecule has 152 valence electrons. The molecule has 0 radical (unpaired) electrons. The fraction of sp³-hybridized carbons (Fsp3) is 0.333. The molecule has 0 aliphatic carbocycles. The smallest absolute Gasteiger partial charge is 0.230 e. The largest absolute Gasteiger partial charge is 0.441 e. The molecule has 3 aromatic rings. The van der Waals surface area contributed by atoms with Crippen molar-refractivity contribution in [1.82, 2.24) is 10.3 Å². The Hall–Kier alpha value is -2.53. The van der Waals surface area contributed by atoms with Gasteiger partial charge in [0.2, 0.25) is 11.8 Å². The molecular weight excluding hydrogens is 380 g/mol. The molecule has 1 amide bonds. The molecule has 29 heavy (non-hydrogen) atoms. The fourth-order valence-corrected chi connectivity index (χ4v) is 3.87. The van der Waals surface area contributed by atoms with E-state index < -0.39 is 0 Å². The van der Waals surface area contributed by atoms with Crippen LogP contribution >= 0.6 is 11.8 Å². The molecule has 1 aromatic heterocycles. The number of hydrogen-bond acceptors (Lipinski definition) is 4. The van der Waals surface area contributed by atoms with E-state index in [1.807, 2.05) is 49.4 Å². The lowest BCUT2D eigenvalue weighted by Crippen LogP contribution is -2.34. The number of aromatic nitrogens is 1. The van der Waals surface area contributed by atoms with Crippen LogP contribution in [0.3, 0.4) is 0 Å². The van der Waals surface area contributed by atoms with Crippen molar-refractivity contribution in [3.8, 4) is 11.5 Å². The summed E-state index contributed by atoms with van der Waals surface area (Å²) in [5, 5.41) is 3.08. The molecule has 0 saturated carbocycles. The van der Waals surface area contributed by atoms with Crippen LogP contribution in [0.25, 0.3) is 11.5 Å². The van der Waals surface area contributed by atoms with Crippen molar-refractivity contribution in [2.75, 3.05) is 5.75 Å². The number of rotatable bonds is 9. The Morgan fingerprint density at radius 3 is 2.55 bits per heavy atom. The Morgan fingerprint density at radius 2 is 1.83 bits per heavy atom. The minimum atomic E-state index is 0.0652. The molecule has 4 nitrogen and oxygen atoms in total. The van der Waals surface area contributed by atoms with E-state index in [0.717, 1.165) is 29.9 Å². The van der Waals surface area contributed by atoms with Crippen molar-refractivity contribution in [1.29, 1.82) is 0 Å². The minimum Gasteiger partial charge on any atom is -0.441 e. The Kier molecular flexibility index (Phi) is 7.53. The number of nitrogens with zero attached hydrogens (tertiary/aromatic N) is 1. The summed E-state index contributed by atoms with van der Waals surface area (Å²) in [6.07, 6.45) is 1.90. The van der Waals surface area contributed by atoms with Gasteiger partial charge in [-0.2, -0.15) is 0 Å². The van der Waals surface area contributed by atoms with Crippen LogP contribution in [0.5, 0.6) is 0 Å². The lowest BCUT2D eigenvalue weighted by molar-refractivity contribution is -0.119. The quantitative estimate of drug-likeness (QED) is 0.520. The van der Waals surface area contributed by atoms with Crippen LogP contribution < -0.4 is 5.32 Å². The van der Waals surface area contributed by atoms with Crippen LogP contribution in [-0.4, -0.2) is 22.7 Å². The van der Waals surface area contributed by atoms with Gasteiger partial charge >= 0.3 is 0 Å². The van der Waals surface area contributed by atoms with E-state index in [4.69, 9.17) is 4.42 Å². The number of carbonyl (C=O) groups is 1. The van der Waals surface area contributed by atoms with E-state index in [1.165, 1.54) is 11.1 Å². The van der Waals surface area contributed by atoms with Gasteiger partial charge in [-0.3, -0.25) is 4.79 Å². The second-order valence-electron chi connectivity index (χ2n) is 7.37. The third kappa shape index (κ3) is 6.50. The highest BCUT2D eigenvalue weighted by molar-refractivity contribution is 7.99. The van der Waals surface area contributed by atoms with E-state index in [0.29, 0.717) is 17.4 Å². The lowest BCUT2D eigenvalue weighted by atomic mass is 10.1. The maximum absolute atomic E-state index is 12.2. The summed E-state index contributed by atoms with van der Waals surface area (Å²) >= 11 is 1.56. The van der Waals surface area contributed by atoms with Gasteiger partial charge in [0.15, 0.2) is 0 Å². The zero-order valence-corrected chi connectivity index (χ0v) is 18.1. The standard InChI is InChI=1S/C24H28N2O2S/c1-17-9-13-21(14-10-17)24-26-22(19(3)28-24)15-29-16-23(27)25-18(2)11-12-20-7-5-4-6-8-20/h4-10,13-14,18H,11-12,15-16H2,1-3H3,(H,25,27). The van der Waals surface area contributed by atoms with E-state index >= 15 is 0 Å². The second kappa shape index (κ2) is 10.3. The topological polar surface area (TPSA) is 55.1 Å². The first kappa shape index (κ1) is 21.2. The minimum absolute atomic E-state index is 0.0652. The molecule has 1 heterocycles. The van der Waals surface area contributed by atoms with Gasteiger partial charge < -0.3 is 9.73 Å². The summed E-state index contributed by atoms with van der Waals surface area (Å²) in [5.74, 6) is 2.59. The molecule has 5 heteroatoms. The maximum Gasteiger partial charge on any atom is 0.230 e. The average molecular weight is 409 g/mol. The summed E-state index contributed by atoms with van der Waals surface area (Å²) in [5.41, 5.74) is 4.38. The molecule has 0 aliphatic heterocycles. The maximum atomic E-state index is 12.2. The summed E-state index contributed by atoms with van der Waals surface area (Å²) in [6, 6.07) is 18.6. The number of oxazole rings is 1. The van der Waals surface area contributed by atoms with Crippen LogP contribution in [-0.2, 0) is 17.0 Å². The first-order chi connectivity index (χ1) is 14.0. The number of amides is 1. The molecule has 1 unspecified atom stereocenters. The van der Waals surface area contributed by atoms with Gasteiger partial charge in [0.1, 0.15) is 5.76 Å². The van der Waals surface area contributed by atoms with E-state index in [1.54, 1.807) is 11.8 Å². The lowest BCUT2D eigenvalue weighted by Gasteiger charge is -2.13. The van der Waals surface area contributed by atoms with Gasteiger partial charge in [0.25, 0.3) is 0 Å². The van der Waals surface area contributed by atoms with Crippen molar-refractivity contribution in [2.45, 2.75) is 45.4 Å². The van der Waals surface area contributed by atoms with Gasteiger partial charge in [-0.25, -0.2) is 4.98 Å². The van der Waals surface area contributed by atoms with E-state index in [2.05, 4.69) is 36.3 Å². The zero-order chi connectivity index (χ0) is 20.6. The summed E-state index contributed by atoms with van der Waals surface area (Å²) < 4.78 is 5.81. The number of hydrogen-bond donors (Lipinski definition) is 1. The normalized spacial score (nSPS) is 12.0. The van der Waals surface area contributed by atoms with Gasteiger partial charge in [-0.15, -0.1) is 11.8 Å². The monoisotopic (exact) mass is 408 g/mol. The van der Waals surface area contributed by atoms with Gasteiger partial charge in [0, 0.05) is 17.4 Å². The number of benzene rings is 2. The molecule has 0 spiro atoms. The van der Waals surface area contributed by atoms with Crippen LogP contribution in [0.15, 0.2) is 59.0 Å². The predicted molar refractivity (Wildman–Crippen MR) is 120 cm³/mol. The van der Waals surface area contributed by atoms with E-state index in [9.17, 15) is 4.79 Å². The number of thioether (sulfide) groups is 1. The third-order valence-electron chi connectivity index (χ3n) is 4.78. The molecule has 0 bridgehead atoms.